The van der Waals surface area contributed by atoms with Gasteiger partial charge < -0.3 is 4.57 Å². The van der Waals surface area contributed by atoms with Gasteiger partial charge in [-0.1, -0.05) is 11.6 Å². The van der Waals surface area contributed by atoms with E-state index in [0.717, 1.165) is 39.8 Å². The number of aromatic nitrogens is 2. The van der Waals surface area contributed by atoms with Crippen LogP contribution in [0.15, 0.2) is 42.7 Å². The number of hydrogen-bond donors (Lipinski definition) is 0. The van der Waals surface area contributed by atoms with Gasteiger partial charge >= 0.3 is 0 Å². The third kappa shape index (κ3) is 2.76. The number of allylic oxidation sites excluding steroid dienone is 1. The number of pyridine rings is 1. The van der Waals surface area contributed by atoms with Crippen LogP contribution in [0.4, 0.5) is 4.39 Å². The van der Waals surface area contributed by atoms with Crippen LogP contribution in [0.25, 0.3) is 22.7 Å². The van der Waals surface area contributed by atoms with Gasteiger partial charge in [-0.15, -0.1) is 0 Å². The Labute approximate surface area is 147 Å². The molecule has 4 rings (SSSR count). The Hall–Kier alpha value is -2.46. The predicted molar refractivity (Wildman–Crippen MR) is 101 cm³/mol. The maximum Gasteiger partial charge on any atom is 0.153 e. The van der Waals surface area contributed by atoms with Crippen molar-refractivity contribution in [1.29, 1.82) is 0 Å². The minimum absolute atomic E-state index is 0.435. The normalized spacial score (nSPS) is 18.6. The number of benzene rings is 1. The van der Waals surface area contributed by atoms with Crippen LogP contribution >= 0.6 is 0 Å². The second-order valence-electron chi connectivity index (χ2n) is 6.97. The summed E-state index contributed by atoms with van der Waals surface area (Å²) in [5, 5.41) is 1.16. The van der Waals surface area contributed by atoms with Crippen LogP contribution < -0.4 is 0 Å². The molecule has 3 nitrogen and oxygen atoms in total. The van der Waals surface area contributed by atoms with E-state index < -0.39 is 6.17 Å². The maximum atomic E-state index is 15.0. The second kappa shape index (κ2) is 6.12. The van der Waals surface area contributed by atoms with Gasteiger partial charge in [0, 0.05) is 37.1 Å². The van der Waals surface area contributed by atoms with E-state index in [0.29, 0.717) is 6.54 Å². The first-order valence-corrected chi connectivity index (χ1v) is 8.59. The van der Waals surface area contributed by atoms with Crippen molar-refractivity contribution in [3.63, 3.8) is 0 Å². The Bertz CT molecular complexity index is 956. The van der Waals surface area contributed by atoms with Crippen LogP contribution in [0.1, 0.15) is 35.5 Å². The summed E-state index contributed by atoms with van der Waals surface area (Å²) in [5.41, 5.74) is 6.37. The fraction of sp³-hybridized carbons (Fsp3) is 0.286. The minimum Gasteiger partial charge on any atom is -0.317 e. The zero-order valence-electron chi connectivity index (χ0n) is 14.8. The molecule has 4 heteroatoms. The lowest BCUT2D eigenvalue weighted by Gasteiger charge is -2.26. The third-order valence-electron chi connectivity index (χ3n) is 4.96. The van der Waals surface area contributed by atoms with Gasteiger partial charge in [0.05, 0.1) is 11.2 Å². The lowest BCUT2D eigenvalue weighted by Crippen LogP contribution is -2.29. The zero-order valence-corrected chi connectivity index (χ0v) is 14.8. The number of alkyl halides is 1. The van der Waals surface area contributed by atoms with Crippen molar-refractivity contribution < 1.29 is 4.39 Å². The zero-order chi connectivity index (χ0) is 17.6. The van der Waals surface area contributed by atoms with Crippen LogP contribution in [-0.4, -0.2) is 28.0 Å². The van der Waals surface area contributed by atoms with Crippen molar-refractivity contribution in [2.75, 3.05) is 13.6 Å². The Kier molecular flexibility index (Phi) is 3.92. The molecule has 1 unspecified atom stereocenters. The average molecular weight is 335 g/mol. The molecule has 0 N–H and O–H groups in total. The third-order valence-corrected chi connectivity index (χ3v) is 4.96. The molecule has 0 saturated heterocycles. The average Bonchev–Trinajstić information content (AvgIpc) is 2.89. The molecular weight excluding hydrogens is 313 g/mol. The summed E-state index contributed by atoms with van der Waals surface area (Å²) in [6.07, 6.45) is 4.64. The molecule has 0 radical (unpaired) electrons. The molecule has 1 aromatic carbocycles. The van der Waals surface area contributed by atoms with Crippen LogP contribution in [0.3, 0.4) is 0 Å². The monoisotopic (exact) mass is 335 g/mol. The Morgan fingerprint density at radius 1 is 1.24 bits per heavy atom. The summed E-state index contributed by atoms with van der Waals surface area (Å²) in [6, 6.07) is 10.3. The minimum atomic E-state index is -0.983. The molecule has 2 aromatic heterocycles. The Morgan fingerprint density at radius 2 is 2.00 bits per heavy atom. The second-order valence-corrected chi connectivity index (χ2v) is 6.97. The highest BCUT2D eigenvalue weighted by molar-refractivity contribution is 5.90. The highest BCUT2D eigenvalue weighted by Gasteiger charge is 2.29. The highest BCUT2D eigenvalue weighted by atomic mass is 19.1. The van der Waals surface area contributed by atoms with Gasteiger partial charge in [-0.05, 0) is 61.9 Å². The first kappa shape index (κ1) is 16.0. The molecule has 3 aromatic rings. The van der Waals surface area contributed by atoms with Gasteiger partial charge in [0.25, 0.3) is 0 Å². The summed E-state index contributed by atoms with van der Waals surface area (Å²) in [7, 11) is 1.98. The lowest BCUT2D eigenvalue weighted by molar-refractivity contribution is 0.191. The van der Waals surface area contributed by atoms with E-state index in [2.05, 4.69) is 52.7 Å². The molecule has 0 amide bonds. The van der Waals surface area contributed by atoms with Gasteiger partial charge in [0.1, 0.15) is 0 Å². The molecular formula is C21H22FN3. The van der Waals surface area contributed by atoms with Crippen LogP contribution in [0.5, 0.6) is 0 Å². The van der Waals surface area contributed by atoms with Crippen LogP contribution in [0, 0.1) is 6.92 Å². The fourth-order valence-corrected chi connectivity index (χ4v) is 3.74. The summed E-state index contributed by atoms with van der Waals surface area (Å²) >= 11 is 0. The van der Waals surface area contributed by atoms with Crippen molar-refractivity contribution in [2.24, 2.45) is 0 Å². The number of rotatable bonds is 2. The van der Waals surface area contributed by atoms with E-state index in [1.807, 2.05) is 19.2 Å². The summed E-state index contributed by atoms with van der Waals surface area (Å²) < 4.78 is 17.0. The van der Waals surface area contributed by atoms with Gasteiger partial charge in [-0.3, -0.25) is 9.88 Å². The van der Waals surface area contributed by atoms with E-state index in [1.165, 1.54) is 5.56 Å². The molecule has 0 saturated carbocycles. The molecule has 0 bridgehead atoms. The summed E-state index contributed by atoms with van der Waals surface area (Å²) in [4.78, 5) is 6.13. The lowest BCUT2D eigenvalue weighted by atomic mass is 10.0. The van der Waals surface area contributed by atoms with E-state index in [9.17, 15) is 4.39 Å². The summed E-state index contributed by atoms with van der Waals surface area (Å²) in [5.74, 6) is 0. The Morgan fingerprint density at radius 3 is 2.76 bits per heavy atom. The molecule has 3 heterocycles. The Balaban J connectivity index is 1.96. The van der Waals surface area contributed by atoms with Crippen LogP contribution in [-0.2, 0) is 6.54 Å². The summed E-state index contributed by atoms with van der Waals surface area (Å²) in [6.45, 7) is 5.36. The van der Waals surface area contributed by atoms with Crippen molar-refractivity contribution in [3.8, 4) is 0 Å². The number of hydrogen-bond acceptors (Lipinski definition) is 2. The molecule has 1 atom stereocenters. The van der Waals surface area contributed by atoms with Gasteiger partial charge in [0.2, 0.25) is 0 Å². The maximum absolute atomic E-state index is 15.0. The smallest absolute Gasteiger partial charge is 0.153 e. The number of fused-ring (bicyclic) bond motifs is 3. The fourth-order valence-electron chi connectivity index (χ4n) is 3.74. The van der Waals surface area contributed by atoms with Crippen molar-refractivity contribution in [2.45, 2.75) is 26.6 Å². The quantitative estimate of drug-likeness (QED) is 0.669. The number of nitrogens with zero attached hydrogens (tertiary/aromatic N) is 3. The largest absolute Gasteiger partial charge is 0.317 e. The van der Waals surface area contributed by atoms with Crippen molar-refractivity contribution in [3.05, 3.63) is 65.1 Å². The van der Waals surface area contributed by atoms with E-state index in [-0.39, 0.29) is 0 Å². The number of halogens is 1. The van der Waals surface area contributed by atoms with E-state index in [1.54, 1.807) is 12.4 Å². The molecule has 0 fully saturated rings. The number of likely N-dealkylation sites (N-methyl/N-ethyl adjacent to an activating group) is 1. The molecule has 25 heavy (non-hydrogen) atoms. The standard InChI is InChI=1S/C21H22FN3/c1-14-4-5-20-17(10-14)18-12-24(3)13-19(22)21(18)25(20)11-15(2)16-6-8-23-9-7-16/h4-11,19H,12-13H2,1-3H3. The molecule has 128 valence electrons. The van der Waals surface area contributed by atoms with Gasteiger partial charge in [-0.2, -0.15) is 0 Å². The first-order valence-electron chi connectivity index (χ1n) is 8.59. The SMILES string of the molecule is CC(=Cn1c2c(c3cc(C)ccc31)CN(C)CC2F)c1ccncc1. The van der Waals surface area contributed by atoms with E-state index >= 15 is 0 Å². The molecule has 0 aliphatic carbocycles. The molecule has 0 spiro atoms. The van der Waals surface area contributed by atoms with Crippen LogP contribution in [0.2, 0.25) is 0 Å². The molecule has 1 aliphatic rings. The predicted octanol–water partition coefficient (Wildman–Crippen LogP) is 4.82. The highest BCUT2D eigenvalue weighted by Crippen LogP contribution is 2.38. The van der Waals surface area contributed by atoms with E-state index in [4.69, 9.17) is 0 Å². The van der Waals surface area contributed by atoms with Crippen molar-refractivity contribution in [1.82, 2.24) is 14.5 Å². The van der Waals surface area contributed by atoms with Gasteiger partial charge in [0.15, 0.2) is 6.17 Å². The topological polar surface area (TPSA) is 21.1 Å². The van der Waals surface area contributed by atoms with Crippen molar-refractivity contribution >= 4 is 22.7 Å². The number of aryl methyl sites for hydroxylation is 1. The first-order chi connectivity index (χ1) is 12.0. The molecule has 1 aliphatic heterocycles. The van der Waals surface area contributed by atoms with Gasteiger partial charge in [-0.25, -0.2) is 4.39 Å².